The number of carbonyl (C=O) groups excluding carboxylic acids is 1. The van der Waals surface area contributed by atoms with E-state index in [1.165, 1.54) is 5.56 Å². The highest BCUT2D eigenvalue weighted by Crippen LogP contribution is 2.12. The van der Waals surface area contributed by atoms with Crippen LogP contribution < -0.4 is 10.6 Å². The summed E-state index contributed by atoms with van der Waals surface area (Å²) in [6, 6.07) is 9.66. The summed E-state index contributed by atoms with van der Waals surface area (Å²) in [5, 5.41) is 6.02. The molecule has 1 atom stereocenters. The number of aromatic nitrogens is 2. The van der Waals surface area contributed by atoms with Crippen molar-refractivity contribution in [3.05, 3.63) is 53.3 Å². The zero-order chi connectivity index (χ0) is 16.8. The molecule has 0 spiro atoms. The lowest BCUT2D eigenvalue weighted by molar-refractivity contribution is 0.0946. The second-order valence-electron chi connectivity index (χ2n) is 5.95. The van der Waals surface area contributed by atoms with Crippen molar-refractivity contribution in [3.63, 3.8) is 0 Å². The van der Waals surface area contributed by atoms with E-state index in [1.54, 1.807) is 12.3 Å². The lowest BCUT2D eigenvalue weighted by Gasteiger charge is -2.11. The molecule has 1 aliphatic rings. The van der Waals surface area contributed by atoms with Crippen LogP contribution in [0, 0.1) is 6.92 Å². The molecular weight excluding hydrogens is 304 g/mol. The zero-order valence-corrected chi connectivity index (χ0v) is 13.8. The van der Waals surface area contributed by atoms with Crippen molar-refractivity contribution in [2.24, 2.45) is 0 Å². The Kier molecular flexibility index (Phi) is 5.38. The number of rotatable bonds is 6. The van der Waals surface area contributed by atoms with Crippen molar-refractivity contribution in [1.82, 2.24) is 15.3 Å². The van der Waals surface area contributed by atoms with Gasteiger partial charge in [0, 0.05) is 25.9 Å². The molecule has 0 saturated carbocycles. The summed E-state index contributed by atoms with van der Waals surface area (Å²) >= 11 is 0. The van der Waals surface area contributed by atoms with Crippen molar-refractivity contribution in [3.8, 4) is 0 Å². The second-order valence-corrected chi connectivity index (χ2v) is 5.95. The smallest absolute Gasteiger partial charge is 0.270 e. The topological polar surface area (TPSA) is 76.1 Å². The largest absolute Gasteiger partial charge is 0.376 e. The second kappa shape index (κ2) is 7.88. The maximum atomic E-state index is 12.3. The van der Waals surface area contributed by atoms with Gasteiger partial charge in [0.2, 0.25) is 5.95 Å². The summed E-state index contributed by atoms with van der Waals surface area (Å²) in [7, 11) is 0. The minimum absolute atomic E-state index is 0.201. The molecule has 6 heteroatoms. The molecule has 2 aromatic rings. The van der Waals surface area contributed by atoms with Gasteiger partial charge in [0.15, 0.2) is 0 Å². The van der Waals surface area contributed by atoms with Gasteiger partial charge in [0.05, 0.1) is 6.10 Å². The molecule has 1 unspecified atom stereocenters. The third-order valence-electron chi connectivity index (χ3n) is 3.94. The molecule has 6 nitrogen and oxygen atoms in total. The molecular formula is C18H22N4O2. The summed E-state index contributed by atoms with van der Waals surface area (Å²) in [5.41, 5.74) is 2.59. The number of amides is 1. The zero-order valence-electron chi connectivity index (χ0n) is 13.8. The Morgan fingerprint density at radius 1 is 1.38 bits per heavy atom. The first-order chi connectivity index (χ1) is 11.7. The molecule has 1 saturated heterocycles. The molecule has 1 aromatic carbocycles. The molecule has 2 heterocycles. The highest BCUT2D eigenvalue weighted by atomic mass is 16.5. The summed E-state index contributed by atoms with van der Waals surface area (Å²) in [6.45, 7) is 3.98. The van der Waals surface area contributed by atoms with Crippen LogP contribution in [0.25, 0.3) is 0 Å². The van der Waals surface area contributed by atoms with E-state index < -0.39 is 0 Å². The predicted octanol–water partition coefficient (Wildman–Crippen LogP) is 2.31. The summed E-state index contributed by atoms with van der Waals surface area (Å²) in [5.74, 6) is 0.243. The number of ether oxygens (including phenoxy) is 1. The minimum Gasteiger partial charge on any atom is -0.376 e. The molecule has 126 valence electrons. The van der Waals surface area contributed by atoms with Crippen LogP contribution in [0.2, 0.25) is 0 Å². The number of hydrogen-bond acceptors (Lipinski definition) is 5. The average Bonchev–Trinajstić information content (AvgIpc) is 3.12. The Morgan fingerprint density at radius 2 is 2.29 bits per heavy atom. The van der Waals surface area contributed by atoms with Gasteiger partial charge in [0.1, 0.15) is 5.69 Å². The molecule has 1 fully saturated rings. The van der Waals surface area contributed by atoms with Gasteiger partial charge >= 0.3 is 0 Å². The third kappa shape index (κ3) is 4.52. The standard InChI is InChI=1S/C18H22N4O2/c1-13-4-2-5-14(10-13)11-20-17(23)16-7-8-19-18(22-16)21-12-15-6-3-9-24-15/h2,4-5,7-8,10,15H,3,6,9,11-12H2,1H3,(H,20,23)(H,19,21,22). The normalized spacial score (nSPS) is 16.8. The summed E-state index contributed by atoms with van der Waals surface area (Å²) in [6.07, 6.45) is 3.93. The first-order valence-electron chi connectivity index (χ1n) is 8.23. The van der Waals surface area contributed by atoms with Gasteiger partial charge < -0.3 is 15.4 Å². The molecule has 0 radical (unpaired) electrons. The molecule has 1 amide bonds. The first-order valence-corrected chi connectivity index (χ1v) is 8.23. The Morgan fingerprint density at radius 3 is 3.08 bits per heavy atom. The van der Waals surface area contributed by atoms with E-state index in [0.29, 0.717) is 24.7 Å². The van der Waals surface area contributed by atoms with Crippen LogP contribution in [0.1, 0.15) is 34.5 Å². The molecule has 0 bridgehead atoms. The molecule has 1 aromatic heterocycles. The van der Waals surface area contributed by atoms with Crippen LogP contribution in [0.15, 0.2) is 36.5 Å². The number of nitrogens with one attached hydrogen (secondary N) is 2. The predicted molar refractivity (Wildman–Crippen MR) is 91.8 cm³/mol. The minimum atomic E-state index is -0.209. The molecule has 1 aliphatic heterocycles. The number of aryl methyl sites for hydroxylation is 1. The quantitative estimate of drug-likeness (QED) is 0.852. The Balaban J connectivity index is 1.55. The maximum Gasteiger partial charge on any atom is 0.270 e. The van der Waals surface area contributed by atoms with Gasteiger partial charge in [-0.2, -0.15) is 0 Å². The highest BCUT2D eigenvalue weighted by Gasteiger charge is 2.16. The molecule has 0 aliphatic carbocycles. The lowest BCUT2D eigenvalue weighted by atomic mass is 10.1. The maximum absolute atomic E-state index is 12.3. The number of carbonyl (C=O) groups is 1. The van der Waals surface area contributed by atoms with Crippen LogP contribution in [0.5, 0.6) is 0 Å². The lowest BCUT2D eigenvalue weighted by Crippen LogP contribution is -2.25. The number of benzene rings is 1. The number of hydrogen-bond donors (Lipinski definition) is 2. The average molecular weight is 326 g/mol. The van der Waals surface area contributed by atoms with Gasteiger partial charge in [-0.3, -0.25) is 4.79 Å². The van der Waals surface area contributed by atoms with E-state index in [1.807, 2.05) is 25.1 Å². The van der Waals surface area contributed by atoms with Crippen molar-refractivity contribution in [2.75, 3.05) is 18.5 Å². The van der Waals surface area contributed by atoms with Crippen molar-refractivity contribution in [1.29, 1.82) is 0 Å². The fourth-order valence-electron chi connectivity index (χ4n) is 2.68. The fraction of sp³-hybridized carbons (Fsp3) is 0.389. The number of nitrogens with zero attached hydrogens (tertiary/aromatic N) is 2. The SMILES string of the molecule is Cc1cccc(CNC(=O)c2ccnc(NCC3CCCO3)n2)c1. The van der Waals surface area contributed by atoms with Crippen LogP contribution in [-0.4, -0.2) is 35.1 Å². The Bertz CT molecular complexity index is 699. The van der Waals surface area contributed by atoms with Gasteiger partial charge in [0.25, 0.3) is 5.91 Å². The molecule has 3 rings (SSSR count). The monoisotopic (exact) mass is 326 g/mol. The molecule has 2 N–H and O–H groups in total. The van der Waals surface area contributed by atoms with Gasteiger partial charge in [-0.15, -0.1) is 0 Å². The van der Waals surface area contributed by atoms with Crippen LogP contribution >= 0.6 is 0 Å². The van der Waals surface area contributed by atoms with E-state index in [-0.39, 0.29) is 12.0 Å². The van der Waals surface area contributed by atoms with Crippen LogP contribution in [0.4, 0.5) is 5.95 Å². The summed E-state index contributed by atoms with van der Waals surface area (Å²) < 4.78 is 5.55. The highest BCUT2D eigenvalue weighted by molar-refractivity contribution is 5.92. The van der Waals surface area contributed by atoms with Crippen LogP contribution in [0.3, 0.4) is 0 Å². The fourth-order valence-corrected chi connectivity index (χ4v) is 2.68. The van der Waals surface area contributed by atoms with E-state index in [4.69, 9.17) is 4.74 Å². The van der Waals surface area contributed by atoms with E-state index >= 15 is 0 Å². The van der Waals surface area contributed by atoms with Crippen molar-refractivity contribution >= 4 is 11.9 Å². The van der Waals surface area contributed by atoms with E-state index in [0.717, 1.165) is 25.0 Å². The molecule has 24 heavy (non-hydrogen) atoms. The van der Waals surface area contributed by atoms with Gasteiger partial charge in [-0.1, -0.05) is 29.8 Å². The van der Waals surface area contributed by atoms with Crippen LogP contribution in [-0.2, 0) is 11.3 Å². The number of anilines is 1. The summed E-state index contributed by atoms with van der Waals surface area (Å²) in [4.78, 5) is 20.7. The van der Waals surface area contributed by atoms with E-state index in [2.05, 4.69) is 26.7 Å². The Hall–Kier alpha value is -2.47. The van der Waals surface area contributed by atoms with Crippen molar-refractivity contribution in [2.45, 2.75) is 32.4 Å². The van der Waals surface area contributed by atoms with Gasteiger partial charge in [-0.05, 0) is 31.4 Å². The van der Waals surface area contributed by atoms with Crippen molar-refractivity contribution < 1.29 is 9.53 Å². The van der Waals surface area contributed by atoms with E-state index in [9.17, 15) is 4.79 Å². The van der Waals surface area contributed by atoms with Gasteiger partial charge in [-0.25, -0.2) is 9.97 Å². The third-order valence-corrected chi connectivity index (χ3v) is 3.94. The first kappa shape index (κ1) is 16.4. The Labute approximate surface area is 141 Å².